The zero-order chi connectivity index (χ0) is 22.9. The molecule has 0 unspecified atom stereocenters. The molecule has 5 aromatic rings. The number of halogens is 1. The first-order valence-electron chi connectivity index (χ1n) is 10.2. The van der Waals surface area contributed by atoms with Gasteiger partial charge in [-0.25, -0.2) is 9.97 Å². The third-order valence-corrected chi connectivity index (χ3v) is 5.56. The smallest absolute Gasteiger partial charge is 0.261 e. The fourth-order valence-corrected chi connectivity index (χ4v) is 3.69. The van der Waals surface area contributed by atoms with Crippen LogP contribution >= 0.6 is 11.6 Å². The van der Waals surface area contributed by atoms with Gasteiger partial charge in [-0.05, 0) is 54.4 Å². The minimum absolute atomic E-state index is 0.150. The van der Waals surface area contributed by atoms with E-state index in [9.17, 15) is 4.79 Å². The average Bonchev–Trinajstić information content (AvgIpc) is 3.08. The van der Waals surface area contributed by atoms with Crippen molar-refractivity contribution < 1.29 is 4.79 Å². The maximum atomic E-state index is 13.3. The maximum Gasteiger partial charge on any atom is 0.261 e. The Morgan fingerprint density at radius 2 is 1.67 bits per heavy atom. The van der Waals surface area contributed by atoms with Crippen LogP contribution in [0.2, 0.25) is 5.02 Å². The molecule has 1 amide bonds. The SMILES string of the molecule is Cc1ccccc1C=Nn1c(N)c(C(=O)Nc2ccc(Cl)cc2)c2nc3ccccc3nc21. The molecular weight excluding hydrogens is 436 g/mol. The fraction of sp³-hybridized carbons (Fsp3) is 0.0400. The van der Waals surface area contributed by atoms with Gasteiger partial charge >= 0.3 is 0 Å². The number of carbonyl (C=O) groups excluding carboxylic acids is 1. The van der Waals surface area contributed by atoms with Crippen molar-refractivity contribution in [2.75, 3.05) is 11.1 Å². The lowest BCUT2D eigenvalue weighted by Gasteiger charge is -2.05. The third-order valence-electron chi connectivity index (χ3n) is 5.30. The van der Waals surface area contributed by atoms with E-state index in [0.717, 1.165) is 11.1 Å². The molecule has 0 saturated carbocycles. The number of nitrogens with zero attached hydrogens (tertiary/aromatic N) is 4. The number of nitrogens with two attached hydrogens (primary N) is 1. The van der Waals surface area contributed by atoms with Gasteiger partial charge in [-0.1, -0.05) is 48.0 Å². The largest absolute Gasteiger partial charge is 0.383 e. The minimum Gasteiger partial charge on any atom is -0.383 e. The number of aryl methyl sites for hydroxylation is 1. The van der Waals surface area contributed by atoms with Gasteiger partial charge in [-0.15, -0.1) is 0 Å². The topological polar surface area (TPSA) is 98.2 Å². The second-order valence-corrected chi connectivity index (χ2v) is 7.96. The zero-order valence-corrected chi connectivity index (χ0v) is 18.4. The van der Waals surface area contributed by atoms with Crippen molar-refractivity contribution in [3.63, 3.8) is 0 Å². The molecule has 0 aliphatic rings. The summed E-state index contributed by atoms with van der Waals surface area (Å²) in [6.07, 6.45) is 1.70. The van der Waals surface area contributed by atoms with E-state index in [0.29, 0.717) is 32.9 Å². The summed E-state index contributed by atoms with van der Waals surface area (Å²) in [5.41, 5.74) is 11.3. The van der Waals surface area contributed by atoms with Crippen molar-refractivity contribution in [2.45, 2.75) is 6.92 Å². The van der Waals surface area contributed by atoms with E-state index in [2.05, 4.69) is 15.4 Å². The van der Waals surface area contributed by atoms with Crippen LogP contribution in [0.4, 0.5) is 11.5 Å². The molecule has 7 nitrogen and oxygen atoms in total. The standard InChI is InChI=1S/C25H19ClN6O/c1-15-6-2-3-7-16(15)14-28-32-23(27)21(25(33)29-18-12-10-17(26)11-13-18)22-24(32)31-20-9-5-4-8-19(20)30-22/h2-14H,27H2,1H3,(H,29,33). The number of nitrogen functional groups attached to an aromatic ring is 1. The molecule has 3 aromatic carbocycles. The summed E-state index contributed by atoms with van der Waals surface area (Å²) in [7, 11) is 0. The van der Waals surface area contributed by atoms with Crippen LogP contribution in [0.3, 0.4) is 0 Å². The minimum atomic E-state index is -0.408. The van der Waals surface area contributed by atoms with Crippen molar-refractivity contribution in [3.05, 3.63) is 94.5 Å². The van der Waals surface area contributed by atoms with E-state index in [1.165, 1.54) is 4.68 Å². The summed E-state index contributed by atoms with van der Waals surface area (Å²) in [6.45, 7) is 2.00. The maximum absolute atomic E-state index is 13.3. The Morgan fingerprint density at radius 1 is 1.00 bits per heavy atom. The second-order valence-electron chi connectivity index (χ2n) is 7.52. The first-order valence-corrected chi connectivity index (χ1v) is 10.6. The van der Waals surface area contributed by atoms with Crippen LogP contribution in [0.15, 0.2) is 77.9 Å². The van der Waals surface area contributed by atoms with Crippen LogP contribution in [0.1, 0.15) is 21.5 Å². The van der Waals surface area contributed by atoms with E-state index >= 15 is 0 Å². The van der Waals surface area contributed by atoms with Crippen LogP contribution in [-0.4, -0.2) is 26.8 Å². The summed E-state index contributed by atoms with van der Waals surface area (Å²) in [5, 5.41) is 7.99. The van der Waals surface area contributed by atoms with Crippen LogP contribution in [-0.2, 0) is 0 Å². The molecule has 0 bridgehead atoms. The lowest BCUT2D eigenvalue weighted by Crippen LogP contribution is -2.14. The van der Waals surface area contributed by atoms with Gasteiger partial charge in [0.25, 0.3) is 5.91 Å². The Kier molecular flexibility index (Phi) is 5.24. The molecule has 8 heteroatoms. The highest BCUT2D eigenvalue weighted by Crippen LogP contribution is 2.29. The van der Waals surface area contributed by atoms with Gasteiger partial charge in [-0.2, -0.15) is 9.78 Å². The number of hydrogen-bond acceptors (Lipinski definition) is 5. The van der Waals surface area contributed by atoms with Gasteiger partial charge in [0, 0.05) is 10.7 Å². The monoisotopic (exact) mass is 454 g/mol. The predicted octanol–water partition coefficient (Wildman–Crippen LogP) is 5.26. The molecule has 2 aromatic heterocycles. The van der Waals surface area contributed by atoms with Crippen molar-refractivity contribution in [2.24, 2.45) is 5.10 Å². The molecule has 0 spiro atoms. The molecule has 33 heavy (non-hydrogen) atoms. The molecule has 162 valence electrons. The lowest BCUT2D eigenvalue weighted by molar-refractivity contribution is 0.102. The van der Waals surface area contributed by atoms with Gasteiger partial charge in [0.15, 0.2) is 5.65 Å². The second kappa shape index (κ2) is 8.37. The van der Waals surface area contributed by atoms with E-state index in [1.54, 1.807) is 30.5 Å². The molecule has 0 fully saturated rings. The van der Waals surface area contributed by atoms with E-state index in [-0.39, 0.29) is 11.4 Å². The Morgan fingerprint density at radius 3 is 2.39 bits per heavy atom. The van der Waals surface area contributed by atoms with Crippen molar-refractivity contribution in [1.29, 1.82) is 0 Å². The quantitative estimate of drug-likeness (QED) is 0.362. The Balaban J connectivity index is 1.67. The summed E-state index contributed by atoms with van der Waals surface area (Å²) >= 11 is 5.95. The Bertz CT molecular complexity index is 1540. The predicted molar refractivity (Wildman–Crippen MR) is 133 cm³/mol. The number of rotatable bonds is 4. The number of hydrogen-bond donors (Lipinski definition) is 2. The zero-order valence-electron chi connectivity index (χ0n) is 17.7. The average molecular weight is 455 g/mol. The molecule has 5 rings (SSSR count). The number of nitrogens with one attached hydrogen (secondary N) is 1. The summed E-state index contributed by atoms with van der Waals surface area (Å²) in [4.78, 5) is 22.6. The molecule has 0 atom stereocenters. The van der Waals surface area contributed by atoms with Gasteiger partial charge in [-0.3, -0.25) is 4.79 Å². The summed E-state index contributed by atoms with van der Waals surface area (Å²) < 4.78 is 1.46. The van der Waals surface area contributed by atoms with Crippen LogP contribution in [0, 0.1) is 6.92 Å². The van der Waals surface area contributed by atoms with Crippen molar-refractivity contribution in [3.8, 4) is 0 Å². The molecule has 0 saturated heterocycles. The fourth-order valence-electron chi connectivity index (χ4n) is 3.57. The molecule has 0 radical (unpaired) electrons. The van der Waals surface area contributed by atoms with Crippen molar-refractivity contribution >= 4 is 57.4 Å². The number of benzene rings is 3. The van der Waals surface area contributed by atoms with Gasteiger partial charge in [0.2, 0.25) is 0 Å². The number of amides is 1. The number of para-hydroxylation sites is 2. The van der Waals surface area contributed by atoms with Crippen LogP contribution in [0.25, 0.3) is 22.2 Å². The molecule has 2 heterocycles. The van der Waals surface area contributed by atoms with E-state index < -0.39 is 5.91 Å². The summed E-state index contributed by atoms with van der Waals surface area (Å²) in [6, 6.07) is 22.1. The molecule has 3 N–H and O–H groups in total. The highest BCUT2D eigenvalue weighted by Gasteiger charge is 2.24. The number of anilines is 2. The molecule has 0 aliphatic carbocycles. The molecule has 0 aliphatic heterocycles. The lowest BCUT2D eigenvalue weighted by atomic mass is 10.1. The number of aromatic nitrogens is 3. The van der Waals surface area contributed by atoms with Crippen LogP contribution < -0.4 is 11.1 Å². The third kappa shape index (κ3) is 3.90. The van der Waals surface area contributed by atoms with E-state index in [1.807, 2.05) is 55.5 Å². The van der Waals surface area contributed by atoms with Gasteiger partial charge < -0.3 is 11.1 Å². The number of fused-ring (bicyclic) bond motifs is 2. The highest BCUT2D eigenvalue weighted by atomic mass is 35.5. The number of carbonyl (C=O) groups is 1. The first-order chi connectivity index (χ1) is 16.0. The summed E-state index contributed by atoms with van der Waals surface area (Å²) in [5.74, 6) is -0.258. The molecular formula is C25H19ClN6O. The normalized spacial score (nSPS) is 11.5. The van der Waals surface area contributed by atoms with Crippen molar-refractivity contribution in [1.82, 2.24) is 14.6 Å². The van der Waals surface area contributed by atoms with Crippen LogP contribution in [0.5, 0.6) is 0 Å². The Hall–Kier alpha value is -4.23. The highest BCUT2D eigenvalue weighted by molar-refractivity contribution is 6.30. The van der Waals surface area contributed by atoms with Gasteiger partial charge in [0.05, 0.1) is 17.2 Å². The van der Waals surface area contributed by atoms with Gasteiger partial charge in [0.1, 0.15) is 16.9 Å². The Labute approximate surface area is 194 Å². The first kappa shape index (κ1) is 20.7. The van der Waals surface area contributed by atoms with E-state index in [4.69, 9.17) is 22.3 Å².